The predicted molar refractivity (Wildman–Crippen MR) is 98.7 cm³/mol. The zero-order valence-corrected chi connectivity index (χ0v) is 15.8. The lowest BCUT2D eigenvalue weighted by atomic mass is 10.2. The van der Waals surface area contributed by atoms with Gasteiger partial charge in [-0.1, -0.05) is 41.7 Å². The van der Waals surface area contributed by atoms with Crippen molar-refractivity contribution in [3.8, 4) is 5.75 Å². The molecule has 0 bridgehead atoms. The van der Waals surface area contributed by atoms with Gasteiger partial charge in [0.2, 0.25) is 0 Å². The number of benzene rings is 2. The van der Waals surface area contributed by atoms with Crippen LogP contribution in [0.2, 0.25) is 15.1 Å². The zero-order valence-electron chi connectivity index (χ0n) is 11.9. The van der Waals surface area contributed by atoms with Gasteiger partial charge in [0.05, 0.1) is 21.7 Å². The van der Waals surface area contributed by atoms with Crippen molar-refractivity contribution in [2.45, 2.75) is 19.9 Å². The first-order valence-electron chi connectivity index (χ1n) is 6.81. The van der Waals surface area contributed by atoms with Crippen molar-refractivity contribution in [2.24, 2.45) is 0 Å². The predicted octanol–water partition coefficient (Wildman–Crippen LogP) is 6.81. The van der Waals surface area contributed by atoms with E-state index >= 15 is 0 Å². The summed E-state index contributed by atoms with van der Waals surface area (Å²) < 4.78 is 6.42. The van der Waals surface area contributed by atoms with Gasteiger partial charge in [-0.3, -0.25) is 0 Å². The van der Waals surface area contributed by atoms with Crippen LogP contribution in [0.25, 0.3) is 0 Å². The highest BCUT2D eigenvalue weighted by atomic mass is 79.9. The summed E-state index contributed by atoms with van der Waals surface area (Å²) in [6, 6.07) is 9.40. The van der Waals surface area contributed by atoms with E-state index in [4.69, 9.17) is 39.5 Å². The van der Waals surface area contributed by atoms with Crippen LogP contribution in [0.4, 0.5) is 5.69 Å². The minimum absolute atomic E-state index is 0.520. The summed E-state index contributed by atoms with van der Waals surface area (Å²) in [6.07, 6.45) is 0.903. The van der Waals surface area contributed by atoms with Crippen LogP contribution in [0.5, 0.6) is 5.75 Å². The Morgan fingerprint density at radius 1 is 1.05 bits per heavy atom. The second-order valence-electron chi connectivity index (χ2n) is 4.72. The molecule has 0 fully saturated rings. The second-order valence-corrected chi connectivity index (χ2v) is 6.80. The maximum absolute atomic E-state index is 6.23. The molecule has 0 spiro atoms. The van der Waals surface area contributed by atoms with Crippen molar-refractivity contribution in [3.63, 3.8) is 0 Å². The number of ether oxygens (including phenoxy) is 1. The molecule has 2 nitrogen and oxygen atoms in total. The van der Waals surface area contributed by atoms with Crippen LogP contribution in [0, 0.1) is 0 Å². The fourth-order valence-corrected chi connectivity index (χ4v) is 2.94. The summed E-state index contributed by atoms with van der Waals surface area (Å²) in [5.41, 5.74) is 1.89. The van der Waals surface area contributed by atoms with Crippen LogP contribution in [0.15, 0.2) is 34.8 Å². The van der Waals surface area contributed by atoms with Gasteiger partial charge >= 0.3 is 0 Å². The van der Waals surface area contributed by atoms with E-state index in [1.54, 1.807) is 0 Å². The lowest BCUT2D eigenvalue weighted by Crippen LogP contribution is -2.01. The third-order valence-corrected chi connectivity index (χ3v) is 4.72. The van der Waals surface area contributed by atoms with Crippen LogP contribution >= 0.6 is 50.7 Å². The molecule has 6 heteroatoms. The quantitative estimate of drug-likeness (QED) is 0.551. The van der Waals surface area contributed by atoms with E-state index in [0.29, 0.717) is 34.0 Å². The third-order valence-electron chi connectivity index (χ3n) is 2.92. The Kier molecular flexibility index (Phi) is 6.69. The standard InChI is InChI=1S/C16H15BrCl3NO/c1-2-5-22-16-14(19)6-10(7-15(16)20)9-21-11-3-4-12(17)13(18)8-11/h3-4,6-8,21H,2,5,9H2,1H3. The molecular formula is C16H15BrCl3NO. The van der Waals surface area contributed by atoms with Crippen molar-refractivity contribution in [3.05, 3.63) is 55.4 Å². The van der Waals surface area contributed by atoms with E-state index in [-0.39, 0.29) is 0 Å². The van der Waals surface area contributed by atoms with E-state index in [2.05, 4.69) is 21.2 Å². The average molecular weight is 424 g/mol. The van der Waals surface area contributed by atoms with E-state index in [0.717, 1.165) is 22.1 Å². The number of rotatable bonds is 6. The lowest BCUT2D eigenvalue weighted by Gasteiger charge is -2.12. The molecule has 0 radical (unpaired) electrons. The summed E-state index contributed by atoms with van der Waals surface area (Å²) in [5.74, 6) is 0.542. The molecule has 2 aromatic carbocycles. The highest BCUT2D eigenvalue weighted by Crippen LogP contribution is 2.34. The Morgan fingerprint density at radius 3 is 2.32 bits per heavy atom. The molecule has 0 heterocycles. The zero-order chi connectivity index (χ0) is 16.1. The molecule has 22 heavy (non-hydrogen) atoms. The van der Waals surface area contributed by atoms with Crippen molar-refractivity contribution in [2.75, 3.05) is 11.9 Å². The van der Waals surface area contributed by atoms with Gasteiger partial charge in [-0.2, -0.15) is 0 Å². The van der Waals surface area contributed by atoms with Crippen LogP contribution in [0.3, 0.4) is 0 Å². The topological polar surface area (TPSA) is 21.3 Å². The Morgan fingerprint density at radius 2 is 1.73 bits per heavy atom. The first-order valence-corrected chi connectivity index (χ1v) is 8.73. The van der Waals surface area contributed by atoms with Crippen LogP contribution < -0.4 is 10.1 Å². The summed E-state index contributed by atoms with van der Waals surface area (Å²) in [7, 11) is 0. The van der Waals surface area contributed by atoms with Crippen molar-refractivity contribution < 1.29 is 4.74 Å². The van der Waals surface area contributed by atoms with Crippen LogP contribution in [-0.2, 0) is 6.54 Å². The van der Waals surface area contributed by atoms with E-state index in [9.17, 15) is 0 Å². The van der Waals surface area contributed by atoms with E-state index in [1.165, 1.54) is 0 Å². The molecule has 0 aliphatic heterocycles. The monoisotopic (exact) mass is 421 g/mol. The van der Waals surface area contributed by atoms with E-state index < -0.39 is 0 Å². The Balaban J connectivity index is 2.08. The normalized spacial score (nSPS) is 10.6. The Labute approximate surface area is 153 Å². The number of nitrogens with one attached hydrogen (secondary N) is 1. The summed E-state index contributed by atoms with van der Waals surface area (Å²) in [5, 5.41) is 4.98. The fourth-order valence-electron chi connectivity index (χ4n) is 1.87. The first-order chi connectivity index (χ1) is 10.5. The molecule has 118 valence electrons. The largest absolute Gasteiger partial charge is 0.490 e. The number of anilines is 1. The van der Waals surface area contributed by atoms with Gasteiger partial charge in [0, 0.05) is 16.7 Å². The van der Waals surface area contributed by atoms with Crippen molar-refractivity contribution in [1.82, 2.24) is 0 Å². The molecule has 2 rings (SSSR count). The SMILES string of the molecule is CCCOc1c(Cl)cc(CNc2ccc(Br)c(Cl)c2)cc1Cl. The van der Waals surface area contributed by atoms with Gasteiger partial charge in [0.25, 0.3) is 0 Å². The van der Waals surface area contributed by atoms with Crippen molar-refractivity contribution in [1.29, 1.82) is 0 Å². The van der Waals surface area contributed by atoms with Gasteiger partial charge in [0.15, 0.2) is 5.75 Å². The Bertz CT molecular complexity index is 641. The fraction of sp³-hybridized carbons (Fsp3) is 0.250. The Hall–Kier alpha value is -0.610. The summed E-state index contributed by atoms with van der Waals surface area (Å²) in [6.45, 7) is 3.21. The van der Waals surface area contributed by atoms with Crippen molar-refractivity contribution >= 4 is 56.4 Å². The van der Waals surface area contributed by atoms with Gasteiger partial charge in [0.1, 0.15) is 0 Å². The molecule has 0 aliphatic rings. The minimum atomic E-state index is 0.520. The molecule has 0 unspecified atom stereocenters. The van der Waals surface area contributed by atoms with Crippen LogP contribution in [-0.4, -0.2) is 6.61 Å². The number of halogens is 4. The molecule has 0 amide bonds. The molecule has 0 saturated carbocycles. The second kappa shape index (κ2) is 8.30. The first kappa shape index (κ1) is 17.7. The van der Waals surface area contributed by atoms with Crippen LogP contribution in [0.1, 0.15) is 18.9 Å². The van der Waals surface area contributed by atoms with Gasteiger partial charge in [-0.15, -0.1) is 0 Å². The highest BCUT2D eigenvalue weighted by molar-refractivity contribution is 9.10. The van der Waals surface area contributed by atoms with Gasteiger partial charge in [-0.25, -0.2) is 0 Å². The minimum Gasteiger partial charge on any atom is -0.490 e. The number of hydrogen-bond donors (Lipinski definition) is 1. The molecule has 0 aliphatic carbocycles. The highest BCUT2D eigenvalue weighted by Gasteiger charge is 2.09. The molecule has 2 aromatic rings. The molecule has 1 N–H and O–H groups in total. The summed E-state index contributed by atoms with van der Waals surface area (Å²) >= 11 is 21.9. The molecule has 0 aromatic heterocycles. The summed E-state index contributed by atoms with van der Waals surface area (Å²) in [4.78, 5) is 0. The molecule has 0 atom stereocenters. The van der Waals surface area contributed by atoms with E-state index in [1.807, 2.05) is 37.3 Å². The average Bonchev–Trinajstić information content (AvgIpc) is 2.48. The lowest BCUT2D eigenvalue weighted by molar-refractivity contribution is 0.318. The molecule has 0 saturated heterocycles. The molecular weight excluding hydrogens is 408 g/mol. The smallest absolute Gasteiger partial charge is 0.156 e. The third kappa shape index (κ3) is 4.69. The maximum atomic E-state index is 6.23. The van der Waals surface area contributed by atoms with Gasteiger partial charge in [-0.05, 0) is 58.2 Å². The van der Waals surface area contributed by atoms with Gasteiger partial charge < -0.3 is 10.1 Å². The maximum Gasteiger partial charge on any atom is 0.156 e. The number of hydrogen-bond acceptors (Lipinski definition) is 2.